The molecule has 0 spiro atoms. The van der Waals surface area contributed by atoms with Gasteiger partial charge in [0.15, 0.2) is 5.82 Å². The fourth-order valence-corrected chi connectivity index (χ4v) is 3.05. The van der Waals surface area contributed by atoms with E-state index in [-0.39, 0.29) is 17.9 Å². The Balaban J connectivity index is 2.00. The van der Waals surface area contributed by atoms with E-state index in [1.54, 1.807) is 12.1 Å². The number of aliphatic carboxylic acids is 1. The third-order valence-electron chi connectivity index (χ3n) is 3.94. The normalized spacial score (nSPS) is 16.5. The number of carboxylic acids is 1. The summed E-state index contributed by atoms with van der Waals surface area (Å²) in [7, 11) is 0. The van der Waals surface area contributed by atoms with Crippen LogP contribution < -0.4 is 0 Å². The van der Waals surface area contributed by atoms with E-state index in [1.165, 1.54) is 10.7 Å². The lowest BCUT2D eigenvalue weighted by Crippen LogP contribution is -2.42. The second-order valence-corrected chi connectivity index (χ2v) is 6.05. The summed E-state index contributed by atoms with van der Waals surface area (Å²) in [4.78, 5) is 11.4. The first-order valence-electron chi connectivity index (χ1n) is 6.47. The zero-order valence-electron chi connectivity index (χ0n) is 11.0. The highest BCUT2D eigenvalue weighted by molar-refractivity contribution is 9.10. The molecule has 0 saturated heterocycles. The van der Waals surface area contributed by atoms with Gasteiger partial charge in [0, 0.05) is 4.47 Å². The largest absolute Gasteiger partial charge is 0.481 e. The molecule has 0 atom stereocenters. The lowest BCUT2D eigenvalue weighted by molar-refractivity contribution is -0.156. The van der Waals surface area contributed by atoms with E-state index in [0.717, 1.165) is 6.42 Å². The van der Waals surface area contributed by atoms with Gasteiger partial charge in [0.2, 0.25) is 0 Å². The molecule has 0 bridgehead atoms. The Bertz CT molecular complexity index is 679. The minimum atomic E-state index is -0.859. The molecule has 1 aromatic carbocycles. The van der Waals surface area contributed by atoms with Gasteiger partial charge in [0.05, 0.1) is 17.5 Å². The van der Waals surface area contributed by atoms with Crippen molar-refractivity contribution in [3.63, 3.8) is 0 Å². The average molecular weight is 355 g/mol. The maximum Gasteiger partial charge on any atom is 0.311 e. The van der Waals surface area contributed by atoms with E-state index in [1.807, 2.05) is 0 Å². The van der Waals surface area contributed by atoms with Gasteiger partial charge in [-0.05, 0) is 51.3 Å². The predicted octanol–water partition coefficient (Wildman–Crippen LogP) is 2.50. The van der Waals surface area contributed by atoms with Crippen molar-refractivity contribution in [2.24, 2.45) is 5.41 Å². The molecule has 6 nitrogen and oxygen atoms in total. The molecule has 1 aromatic heterocycles. The zero-order chi connectivity index (χ0) is 15.0. The minimum Gasteiger partial charge on any atom is -0.481 e. The van der Waals surface area contributed by atoms with Gasteiger partial charge in [-0.1, -0.05) is 12.5 Å². The van der Waals surface area contributed by atoms with E-state index in [0.29, 0.717) is 17.3 Å². The number of benzene rings is 1. The fraction of sp³-hybridized carbons (Fsp3) is 0.385. The van der Waals surface area contributed by atoms with Crippen LogP contribution in [0.25, 0.3) is 11.4 Å². The summed E-state index contributed by atoms with van der Waals surface area (Å²) in [6.45, 7) is 0.144. The number of carbonyl (C=O) groups is 1. The molecule has 0 unspecified atom stereocenters. The second-order valence-electron chi connectivity index (χ2n) is 5.20. The SMILES string of the molecule is O=C(O)C1(Cn2nnnc2-c2c(F)cccc2Br)CCC1. The number of halogens is 2. The summed E-state index contributed by atoms with van der Waals surface area (Å²) in [6, 6.07) is 4.57. The predicted molar refractivity (Wildman–Crippen MR) is 74.8 cm³/mol. The Labute approximate surface area is 128 Å². The number of aromatic nitrogens is 4. The molecule has 8 heteroatoms. The van der Waals surface area contributed by atoms with Gasteiger partial charge in [0.25, 0.3) is 0 Å². The lowest BCUT2D eigenvalue weighted by atomic mass is 9.69. The van der Waals surface area contributed by atoms with E-state index in [9.17, 15) is 14.3 Å². The molecule has 110 valence electrons. The molecular weight excluding hydrogens is 343 g/mol. The highest BCUT2D eigenvalue weighted by Gasteiger charge is 2.45. The van der Waals surface area contributed by atoms with Crippen LogP contribution in [-0.2, 0) is 11.3 Å². The molecule has 1 fully saturated rings. The first-order valence-corrected chi connectivity index (χ1v) is 7.27. The number of carboxylic acid groups (broad SMARTS) is 1. The molecular formula is C13H12BrFN4O2. The van der Waals surface area contributed by atoms with E-state index >= 15 is 0 Å². The molecule has 21 heavy (non-hydrogen) atoms. The van der Waals surface area contributed by atoms with Crippen molar-refractivity contribution in [2.45, 2.75) is 25.8 Å². The van der Waals surface area contributed by atoms with Gasteiger partial charge in [-0.25, -0.2) is 9.07 Å². The van der Waals surface area contributed by atoms with Crippen molar-refractivity contribution < 1.29 is 14.3 Å². The molecule has 1 aliphatic rings. The standard InChI is InChI=1S/C13H12BrFN4O2/c14-8-3-1-4-9(15)10(8)11-16-17-18-19(11)7-13(12(20)21)5-2-6-13/h1,3-4H,2,5-7H2,(H,20,21). The van der Waals surface area contributed by atoms with Crippen LogP contribution in [0.15, 0.2) is 22.7 Å². The Hall–Kier alpha value is -1.83. The molecule has 0 radical (unpaired) electrons. The number of rotatable bonds is 4. The summed E-state index contributed by atoms with van der Waals surface area (Å²) in [5.74, 6) is -1.09. The van der Waals surface area contributed by atoms with Crippen molar-refractivity contribution >= 4 is 21.9 Å². The van der Waals surface area contributed by atoms with Crippen molar-refractivity contribution in [3.8, 4) is 11.4 Å². The van der Waals surface area contributed by atoms with Crippen molar-refractivity contribution in [1.82, 2.24) is 20.2 Å². The van der Waals surface area contributed by atoms with Crippen LogP contribution in [0.1, 0.15) is 19.3 Å². The van der Waals surface area contributed by atoms with E-state index in [2.05, 4.69) is 31.5 Å². The molecule has 3 rings (SSSR count). The van der Waals surface area contributed by atoms with Gasteiger partial charge in [-0.3, -0.25) is 4.79 Å². The Morgan fingerprint density at radius 2 is 2.24 bits per heavy atom. The third-order valence-corrected chi connectivity index (χ3v) is 4.60. The van der Waals surface area contributed by atoms with Gasteiger partial charge >= 0.3 is 5.97 Å². The van der Waals surface area contributed by atoms with Crippen LogP contribution in [0.4, 0.5) is 4.39 Å². The molecule has 0 amide bonds. The average Bonchev–Trinajstić information content (AvgIpc) is 2.81. The summed E-state index contributed by atoms with van der Waals surface area (Å²) in [6.07, 6.45) is 2.04. The fourth-order valence-electron chi connectivity index (χ4n) is 2.53. The van der Waals surface area contributed by atoms with Crippen LogP contribution in [0.2, 0.25) is 0 Å². The number of tetrazole rings is 1. The molecule has 1 saturated carbocycles. The Morgan fingerprint density at radius 1 is 1.48 bits per heavy atom. The highest BCUT2D eigenvalue weighted by Crippen LogP contribution is 2.43. The van der Waals surface area contributed by atoms with Crippen LogP contribution in [0.3, 0.4) is 0 Å². The maximum atomic E-state index is 14.0. The lowest BCUT2D eigenvalue weighted by Gasteiger charge is -2.37. The monoisotopic (exact) mass is 354 g/mol. The van der Waals surface area contributed by atoms with Gasteiger partial charge < -0.3 is 5.11 Å². The number of nitrogens with zero attached hydrogens (tertiary/aromatic N) is 4. The molecule has 0 aliphatic heterocycles. The van der Waals surface area contributed by atoms with Gasteiger partial charge in [-0.2, -0.15) is 0 Å². The maximum absolute atomic E-state index is 14.0. The molecule has 2 aromatic rings. The first kappa shape index (κ1) is 14.1. The van der Waals surface area contributed by atoms with Crippen LogP contribution in [0, 0.1) is 11.2 Å². The molecule has 1 N–H and O–H groups in total. The number of hydrogen-bond acceptors (Lipinski definition) is 4. The van der Waals surface area contributed by atoms with Crippen LogP contribution in [-0.4, -0.2) is 31.3 Å². The minimum absolute atomic E-state index is 0.144. The quantitative estimate of drug-likeness (QED) is 0.912. The van der Waals surface area contributed by atoms with Crippen molar-refractivity contribution in [3.05, 3.63) is 28.5 Å². The summed E-state index contributed by atoms with van der Waals surface area (Å²) >= 11 is 3.28. The van der Waals surface area contributed by atoms with E-state index < -0.39 is 17.2 Å². The van der Waals surface area contributed by atoms with Gasteiger partial charge in [0.1, 0.15) is 5.82 Å². The Morgan fingerprint density at radius 3 is 2.81 bits per heavy atom. The Kier molecular flexibility index (Phi) is 3.48. The van der Waals surface area contributed by atoms with Crippen LogP contribution in [0.5, 0.6) is 0 Å². The second kappa shape index (κ2) is 5.18. The first-order chi connectivity index (χ1) is 10.0. The third kappa shape index (κ3) is 2.33. The topological polar surface area (TPSA) is 80.9 Å². The summed E-state index contributed by atoms with van der Waals surface area (Å²) < 4.78 is 15.9. The van der Waals surface area contributed by atoms with Crippen molar-refractivity contribution in [1.29, 1.82) is 0 Å². The molecule has 1 aliphatic carbocycles. The molecule has 1 heterocycles. The van der Waals surface area contributed by atoms with E-state index in [4.69, 9.17) is 0 Å². The summed E-state index contributed by atoms with van der Waals surface area (Å²) in [5, 5.41) is 20.6. The van der Waals surface area contributed by atoms with Gasteiger partial charge in [-0.15, -0.1) is 5.10 Å². The zero-order valence-corrected chi connectivity index (χ0v) is 12.5. The highest BCUT2D eigenvalue weighted by atomic mass is 79.9. The van der Waals surface area contributed by atoms with Crippen LogP contribution >= 0.6 is 15.9 Å². The van der Waals surface area contributed by atoms with Crippen molar-refractivity contribution in [2.75, 3.05) is 0 Å². The summed E-state index contributed by atoms with van der Waals surface area (Å²) in [5.41, 5.74) is -0.607. The number of hydrogen-bond donors (Lipinski definition) is 1. The smallest absolute Gasteiger partial charge is 0.311 e.